The van der Waals surface area contributed by atoms with E-state index in [2.05, 4.69) is 19.2 Å². The monoisotopic (exact) mass is 283 g/mol. The van der Waals surface area contributed by atoms with Gasteiger partial charge < -0.3 is 10.4 Å². The van der Waals surface area contributed by atoms with Crippen molar-refractivity contribution in [3.05, 3.63) is 0 Å². The molecule has 0 aromatic rings. The second-order valence-electron chi connectivity index (χ2n) is 6.82. The molecule has 20 heavy (non-hydrogen) atoms. The Kier molecular flexibility index (Phi) is 9.54. The Morgan fingerprint density at radius 3 is 2.10 bits per heavy atom. The number of unbranched alkanes of at least 4 members (excludes halogenated alkanes) is 6. The van der Waals surface area contributed by atoms with Gasteiger partial charge in [0.1, 0.15) is 0 Å². The molecule has 0 aromatic carbocycles. The average molecular weight is 284 g/mol. The molecule has 0 aromatic heterocycles. The SMILES string of the molecule is CCCCCCCCCC1(O)CCC(NCCC)CC1. The fourth-order valence-electron chi connectivity index (χ4n) is 3.37. The topological polar surface area (TPSA) is 32.3 Å². The number of aliphatic hydroxyl groups is 1. The highest BCUT2D eigenvalue weighted by molar-refractivity contribution is 4.87. The molecular weight excluding hydrogens is 246 g/mol. The number of nitrogens with one attached hydrogen (secondary N) is 1. The normalized spacial score (nSPS) is 26.9. The third kappa shape index (κ3) is 7.64. The van der Waals surface area contributed by atoms with Gasteiger partial charge in [-0.25, -0.2) is 0 Å². The summed E-state index contributed by atoms with van der Waals surface area (Å²) in [6.07, 6.45) is 15.9. The molecule has 1 saturated carbocycles. The molecule has 120 valence electrons. The zero-order chi connectivity index (χ0) is 14.7. The molecule has 0 unspecified atom stereocenters. The van der Waals surface area contributed by atoms with E-state index in [1.165, 1.54) is 51.4 Å². The maximum absolute atomic E-state index is 10.6. The van der Waals surface area contributed by atoms with Crippen molar-refractivity contribution in [2.24, 2.45) is 0 Å². The van der Waals surface area contributed by atoms with E-state index in [-0.39, 0.29) is 5.60 Å². The number of hydrogen-bond donors (Lipinski definition) is 2. The van der Waals surface area contributed by atoms with Gasteiger partial charge in [0.05, 0.1) is 5.60 Å². The van der Waals surface area contributed by atoms with Crippen molar-refractivity contribution in [1.82, 2.24) is 5.32 Å². The minimum atomic E-state index is -0.339. The quantitative estimate of drug-likeness (QED) is 0.534. The summed E-state index contributed by atoms with van der Waals surface area (Å²) in [6.45, 7) is 5.61. The maximum atomic E-state index is 10.6. The second-order valence-corrected chi connectivity index (χ2v) is 6.82. The van der Waals surface area contributed by atoms with E-state index >= 15 is 0 Å². The van der Waals surface area contributed by atoms with Gasteiger partial charge in [-0.3, -0.25) is 0 Å². The van der Waals surface area contributed by atoms with E-state index in [9.17, 15) is 5.11 Å². The zero-order valence-corrected chi connectivity index (χ0v) is 13.9. The van der Waals surface area contributed by atoms with Crippen molar-refractivity contribution in [3.8, 4) is 0 Å². The lowest BCUT2D eigenvalue weighted by Gasteiger charge is -2.36. The lowest BCUT2D eigenvalue weighted by Crippen LogP contribution is -2.41. The fraction of sp³-hybridized carbons (Fsp3) is 1.00. The van der Waals surface area contributed by atoms with Gasteiger partial charge in [0.2, 0.25) is 0 Å². The summed E-state index contributed by atoms with van der Waals surface area (Å²) in [7, 11) is 0. The van der Waals surface area contributed by atoms with Gasteiger partial charge in [0, 0.05) is 6.04 Å². The van der Waals surface area contributed by atoms with Crippen molar-refractivity contribution in [2.75, 3.05) is 6.54 Å². The van der Waals surface area contributed by atoms with E-state index in [1.807, 2.05) is 0 Å². The van der Waals surface area contributed by atoms with Gasteiger partial charge in [-0.1, -0.05) is 58.8 Å². The summed E-state index contributed by atoms with van der Waals surface area (Å²) >= 11 is 0. The van der Waals surface area contributed by atoms with Crippen LogP contribution in [0.1, 0.15) is 97.3 Å². The van der Waals surface area contributed by atoms with Gasteiger partial charge in [0.25, 0.3) is 0 Å². The molecule has 1 aliphatic carbocycles. The van der Waals surface area contributed by atoms with Crippen LogP contribution in [-0.4, -0.2) is 23.3 Å². The van der Waals surface area contributed by atoms with Crippen LogP contribution in [0.2, 0.25) is 0 Å². The summed E-state index contributed by atoms with van der Waals surface area (Å²) < 4.78 is 0. The van der Waals surface area contributed by atoms with Crippen molar-refractivity contribution < 1.29 is 5.11 Å². The molecule has 0 atom stereocenters. The molecule has 2 N–H and O–H groups in total. The van der Waals surface area contributed by atoms with Crippen LogP contribution in [0.5, 0.6) is 0 Å². The smallest absolute Gasteiger partial charge is 0.0649 e. The highest BCUT2D eigenvalue weighted by atomic mass is 16.3. The summed E-state index contributed by atoms with van der Waals surface area (Å²) in [5.74, 6) is 0. The molecule has 1 rings (SSSR count). The van der Waals surface area contributed by atoms with Crippen LogP contribution in [0.3, 0.4) is 0 Å². The summed E-state index contributed by atoms with van der Waals surface area (Å²) in [4.78, 5) is 0. The second kappa shape index (κ2) is 10.6. The van der Waals surface area contributed by atoms with E-state index in [0.29, 0.717) is 6.04 Å². The highest BCUT2D eigenvalue weighted by Crippen LogP contribution is 2.32. The van der Waals surface area contributed by atoms with Crippen LogP contribution in [0.4, 0.5) is 0 Å². The van der Waals surface area contributed by atoms with Crippen molar-refractivity contribution in [2.45, 2.75) is 109 Å². The fourth-order valence-corrected chi connectivity index (χ4v) is 3.37. The maximum Gasteiger partial charge on any atom is 0.0649 e. The van der Waals surface area contributed by atoms with Gasteiger partial charge in [-0.2, -0.15) is 0 Å². The predicted octanol–water partition coefficient (Wildman–Crippen LogP) is 4.80. The number of rotatable bonds is 11. The first-order valence-corrected chi connectivity index (χ1v) is 9.16. The first-order valence-electron chi connectivity index (χ1n) is 9.16. The summed E-state index contributed by atoms with van der Waals surface area (Å²) in [5.41, 5.74) is -0.339. The third-order valence-corrected chi connectivity index (χ3v) is 4.85. The molecule has 1 aliphatic rings. The van der Waals surface area contributed by atoms with Crippen LogP contribution in [0.25, 0.3) is 0 Å². The highest BCUT2D eigenvalue weighted by Gasteiger charge is 2.32. The Bertz CT molecular complexity index is 221. The van der Waals surface area contributed by atoms with E-state index in [1.54, 1.807) is 0 Å². The van der Waals surface area contributed by atoms with Crippen LogP contribution in [0, 0.1) is 0 Å². The van der Waals surface area contributed by atoms with Crippen molar-refractivity contribution in [3.63, 3.8) is 0 Å². The Balaban J connectivity index is 2.03. The summed E-state index contributed by atoms with van der Waals surface area (Å²) in [5, 5.41) is 14.2. The molecule has 1 fully saturated rings. The Labute approximate surface area is 126 Å². The Morgan fingerprint density at radius 2 is 1.50 bits per heavy atom. The van der Waals surface area contributed by atoms with E-state index in [4.69, 9.17) is 0 Å². The van der Waals surface area contributed by atoms with Crippen LogP contribution in [-0.2, 0) is 0 Å². The summed E-state index contributed by atoms with van der Waals surface area (Å²) in [6, 6.07) is 0.657. The average Bonchev–Trinajstić information content (AvgIpc) is 2.46. The van der Waals surface area contributed by atoms with E-state index < -0.39 is 0 Å². The lowest BCUT2D eigenvalue weighted by atomic mass is 9.79. The minimum absolute atomic E-state index is 0.339. The van der Waals surface area contributed by atoms with Crippen molar-refractivity contribution >= 4 is 0 Å². The standard InChI is InChI=1S/C18H37NO/c1-3-5-6-7-8-9-10-13-18(20)14-11-17(12-15-18)19-16-4-2/h17,19-20H,3-16H2,1-2H3. The Hall–Kier alpha value is -0.0800. The van der Waals surface area contributed by atoms with Crippen molar-refractivity contribution in [1.29, 1.82) is 0 Å². The van der Waals surface area contributed by atoms with Gasteiger partial charge in [-0.05, 0) is 45.1 Å². The van der Waals surface area contributed by atoms with Gasteiger partial charge in [-0.15, -0.1) is 0 Å². The third-order valence-electron chi connectivity index (χ3n) is 4.85. The molecule has 0 spiro atoms. The number of hydrogen-bond acceptors (Lipinski definition) is 2. The largest absolute Gasteiger partial charge is 0.390 e. The van der Waals surface area contributed by atoms with Crippen LogP contribution < -0.4 is 5.32 Å². The predicted molar refractivity (Wildman–Crippen MR) is 88.1 cm³/mol. The minimum Gasteiger partial charge on any atom is -0.390 e. The lowest BCUT2D eigenvalue weighted by molar-refractivity contribution is -0.0129. The zero-order valence-electron chi connectivity index (χ0n) is 13.9. The van der Waals surface area contributed by atoms with Gasteiger partial charge >= 0.3 is 0 Å². The molecule has 0 radical (unpaired) electrons. The first-order chi connectivity index (χ1) is 9.70. The van der Waals surface area contributed by atoms with E-state index in [0.717, 1.165) is 38.6 Å². The Morgan fingerprint density at radius 1 is 0.900 bits per heavy atom. The molecule has 0 saturated heterocycles. The molecule has 0 amide bonds. The molecule has 0 heterocycles. The molecule has 2 heteroatoms. The molecule has 2 nitrogen and oxygen atoms in total. The molecular formula is C18H37NO. The van der Waals surface area contributed by atoms with Crippen LogP contribution in [0.15, 0.2) is 0 Å². The first kappa shape index (κ1) is 18.0. The molecule has 0 bridgehead atoms. The van der Waals surface area contributed by atoms with Gasteiger partial charge in [0.15, 0.2) is 0 Å². The van der Waals surface area contributed by atoms with Crippen LogP contribution >= 0.6 is 0 Å². The molecule has 0 aliphatic heterocycles.